The van der Waals surface area contributed by atoms with E-state index in [9.17, 15) is 37.0 Å². The summed E-state index contributed by atoms with van der Waals surface area (Å²) in [5.41, 5.74) is 1.81. The highest BCUT2D eigenvalue weighted by molar-refractivity contribution is 5.67. The number of hydrogen-bond donors (Lipinski definition) is 3. The highest BCUT2D eigenvalue weighted by Crippen LogP contribution is 2.50. The minimum absolute atomic E-state index is 0.0377. The zero-order valence-corrected chi connectivity index (χ0v) is 24.6. The smallest absolute Gasteiger partial charge is 0.453 e. The van der Waals surface area contributed by atoms with Crippen LogP contribution in [-0.4, -0.2) is 40.0 Å². The van der Waals surface area contributed by atoms with Gasteiger partial charge in [-0.3, -0.25) is 4.79 Å². The summed E-state index contributed by atoms with van der Waals surface area (Å²) in [6.07, 6.45) is 0.492. The lowest BCUT2D eigenvalue weighted by Crippen LogP contribution is -2.40. The monoisotopic (exact) mass is 614 g/mol. The molecule has 3 unspecified atom stereocenters. The molecule has 0 radical (unpaired) electrons. The van der Waals surface area contributed by atoms with Gasteiger partial charge in [0.15, 0.2) is 0 Å². The standard InChI is InChI=1S/C33H43F5O5/c1-31(24-13-15-25(39)16-14-24)22-43-29-21-26(40)17-18-27(29)28(31)12-8-6-4-2-3-5-7-10-23(20-30(41)42)11-9-19-32(34,35)33(36,37)38/h13-18,21,23,28,39-40H,2-12,19-20,22H2,1H3,(H,41,42). The average Bonchev–Trinajstić information content (AvgIpc) is 2.92. The molecule has 1 heterocycles. The minimum atomic E-state index is -5.58. The predicted molar refractivity (Wildman–Crippen MR) is 154 cm³/mol. The maximum atomic E-state index is 13.2. The summed E-state index contributed by atoms with van der Waals surface area (Å²) in [5.74, 6) is -5.02. The minimum Gasteiger partial charge on any atom is -0.508 e. The molecule has 240 valence electrons. The number of aliphatic carboxylic acids is 1. The molecule has 5 nitrogen and oxygen atoms in total. The van der Waals surface area contributed by atoms with Crippen LogP contribution in [0.2, 0.25) is 0 Å². The molecule has 0 bridgehead atoms. The molecule has 43 heavy (non-hydrogen) atoms. The van der Waals surface area contributed by atoms with Gasteiger partial charge in [-0.05, 0) is 60.9 Å². The Morgan fingerprint density at radius 2 is 1.47 bits per heavy atom. The van der Waals surface area contributed by atoms with Crippen LogP contribution in [0.1, 0.15) is 107 Å². The maximum absolute atomic E-state index is 13.2. The third kappa shape index (κ3) is 9.73. The van der Waals surface area contributed by atoms with Crippen molar-refractivity contribution in [3.05, 3.63) is 53.6 Å². The molecule has 0 saturated carbocycles. The second kappa shape index (κ2) is 15.1. The van der Waals surface area contributed by atoms with Gasteiger partial charge in [0.1, 0.15) is 17.2 Å². The number of benzene rings is 2. The van der Waals surface area contributed by atoms with E-state index in [2.05, 4.69) is 6.92 Å². The Hall–Kier alpha value is -3.04. The fourth-order valence-electron chi connectivity index (χ4n) is 6.22. The van der Waals surface area contributed by atoms with E-state index >= 15 is 0 Å². The van der Waals surface area contributed by atoms with Crippen molar-refractivity contribution in [1.82, 2.24) is 0 Å². The third-order valence-electron chi connectivity index (χ3n) is 8.78. The van der Waals surface area contributed by atoms with E-state index in [4.69, 9.17) is 9.84 Å². The van der Waals surface area contributed by atoms with Crippen molar-refractivity contribution in [1.29, 1.82) is 0 Å². The van der Waals surface area contributed by atoms with Gasteiger partial charge < -0.3 is 20.1 Å². The number of fused-ring (bicyclic) bond motifs is 1. The number of rotatable bonds is 17. The Morgan fingerprint density at radius 3 is 2.09 bits per heavy atom. The zero-order chi connectivity index (χ0) is 31.7. The third-order valence-corrected chi connectivity index (χ3v) is 8.78. The second-order valence-corrected chi connectivity index (χ2v) is 12.1. The molecular formula is C33H43F5O5. The molecule has 0 saturated heterocycles. The van der Waals surface area contributed by atoms with Gasteiger partial charge in [0.2, 0.25) is 0 Å². The Morgan fingerprint density at radius 1 is 0.884 bits per heavy atom. The van der Waals surface area contributed by atoms with Crippen molar-refractivity contribution in [2.45, 2.75) is 114 Å². The predicted octanol–water partition coefficient (Wildman–Crippen LogP) is 9.50. The van der Waals surface area contributed by atoms with Crippen molar-refractivity contribution in [3.8, 4) is 17.2 Å². The highest BCUT2D eigenvalue weighted by atomic mass is 19.4. The molecule has 0 amide bonds. The van der Waals surface area contributed by atoms with Crippen LogP contribution in [-0.2, 0) is 10.2 Å². The van der Waals surface area contributed by atoms with Gasteiger partial charge in [-0.1, -0.05) is 70.1 Å². The van der Waals surface area contributed by atoms with Crippen LogP contribution in [0.25, 0.3) is 0 Å². The topological polar surface area (TPSA) is 87.0 Å². The maximum Gasteiger partial charge on any atom is 0.453 e. The molecular weight excluding hydrogens is 571 g/mol. The SMILES string of the molecule is CC1(c2ccc(O)cc2)COc2cc(O)ccc2C1CCCCCCCCCC(CCCC(F)(F)C(F)(F)F)CC(=O)O. The first-order valence-electron chi connectivity index (χ1n) is 15.1. The Kier molecular flexibility index (Phi) is 12.1. The number of carboxylic acid groups (broad SMARTS) is 1. The number of carboxylic acids is 1. The molecule has 1 aliphatic heterocycles. The summed E-state index contributed by atoms with van der Waals surface area (Å²) in [5, 5.41) is 28.8. The van der Waals surface area contributed by atoms with Crippen LogP contribution in [0, 0.1) is 5.92 Å². The van der Waals surface area contributed by atoms with Gasteiger partial charge in [0, 0.05) is 30.2 Å². The molecule has 1 aliphatic rings. The molecule has 3 N–H and O–H groups in total. The summed E-state index contributed by atoms with van der Waals surface area (Å²) >= 11 is 0. The van der Waals surface area contributed by atoms with Crippen LogP contribution >= 0.6 is 0 Å². The average molecular weight is 615 g/mol. The van der Waals surface area contributed by atoms with Gasteiger partial charge in [0.05, 0.1) is 6.61 Å². The Labute approximate surface area is 250 Å². The van der Waals surface area contributed by atoms with Crippen LogP contribution < -0.4 is 4.74 Å². The van der Waals surface area contributed by atoms with E-state index in [1.165, 1.54) is 0 Å². The number of phenolic OH excluding ortho intramolecular Hbond substituents is 2. The van der Waals surface area contributed by atoms with Crippen molar-refractivity contribution in [3.63, 3.8) is 0 Å². The number of hydrogen-bond acceptors (Lipinski definition) is 4. The van der Waals surface area contributed by atoms with Crippen molar-refractivity contribution >= 4 is 5.97 Å². The Balaban J connectivity index is 1.42. The zero-order valence-electron chi connectivity index (χ0n) is 24.6. The lowest BCUT2D eigenvalue weighted by atomic mass is 9.66. The number of aromatic hydroxyl groups is 2. The first-order valence-corrected chi connectivity index (χ1v) is 15.1. The van der Waals surface area contributed by atoms with E-state index in [0.717, 1.165) is 56.1 Å². The highest BCUT2D eigenvalue weighted by Gasteiger charge is 2.56. The summed E-state index contributed by atoms with van der Waals surface area (Å²) in [4.78, 5) is 11.1. The summed E-state index contributed by atoms with van der Waals surface area (Å²) in [6.45, 7) is 2.62. The van der Waals surface area contributed by atoms with E-state index in [1.54, 1.807) is 24.3 Å². The lowest BCUT2D eigenvalue weighted by Gasteiger charge is -2.43. The van der Waals surface area contributed by atoms with Gasteiger partial charge in [-0.15, -0.1) is 0 Å². The number of alkyl halides is 5. The number of halogens is 5. The first-order chi connectivity index (χ1) is 20.2. The van der Waals surface area contributed by atoms with Crippen LogP contribution in [0.3, 0.4) is 0 Å². The number of phenols is 2. The van der Waals surface area contributed by atoms with Crippen molar-refractivity contribution in [2.75, 3.05) is 6.61 Å². The van der Waals surface area contributed by atoms with Crippen LogP contribution in [0.5, 0.6) is 17.2 Å². The van der Waals surface area contributed by atoms with Crippen molar-refractivity contribution < 1.29 is 46.8 Å². The van der Waals surface area contributed by atoms with Gasteiger partial charge in [-0.2, -0.15) is 22.0 Å². The molecule has 0 aliphatic carbocycles. The van der Waals surface area contributed by atoms with Crippen LogP contribution in [0.15, 0.2) is 42.5 Å². The summed E-state index contributed by atoms with van der Waals surface area (Å²) in [6, 6.07) is 12.5. The number of ether oxygens (including phenoxy) is 1. The van der Waals surface area contributed by atoms with Crippen LogP contribution in [0.4, 0.5) is 22.0 Å². The Bertz CT molecular complexity index is 1170. The summed E-state index contributed by atoms with van der Waals surface area (Å²) in [7, 11) is 0. The fraction of sp³-hybridized carbons (Fsp3) is 0.606. The molecule has 3 rings (SSSR count). The number of carbonyl (C=O) groups is 1. The quantitative estimate of drug-likeness (QED) is 0.122. The number of unbranched alkanes of at least 4 members (excludes halogenated alkanes) is 6. The first kappa shape index (κ1) is 34.5. The second-order valence-electron chi connectivity index (χ2n) is 12.1. The molecule has 3 atom stereocenters. The fourth-order valence-corrected chi connectivity index (χ4v) is 6.22. The van der Waals surface area contributed by atoms with E-state index < -0.39 is 30.4 Å². The molecule has 10 heteroatoms. The molecule has 0 aromatic heterocycles. The summed E-state index contributed by atoms with van der Waals surface area (Å²) < 4.78 is 69.6. The van der Waals surface area contributed by atoms with E-state index in [0.29, 0.717) is 25.2 Å². The molecule has 2 aromatic carbocycles. The van der Waals surface area contributed by atoms with Gasteiger partial charge in [-0.25, -0.2) is 0 Å². The largest absolute Gasteiger partial charge is 0.508 e. The molecule has 0 spiro atoms. The normalized spacial score (nSPS) is 19.4. The van der Waals surface area contributed by atoms with E-state index in [-0.39, 0.29) is 42.1 Å². The van der Waals surface area contributed by atoms with E-state index in [1.807, 2.05) is 18.2 Å². The van der Waals surface area contributed by atoms with Crippen molar-refractivity contribution in [2.24, 2.45) is 5.92 Å². The van der Waals surface area contributed by atoms with Gasteiger partial charge in [0.25, 0.3) is 0 Å². The lowest BCUT2D eigenvalue weighted by molar-refractivity contribution is -0.284. The molecule has 0 fully saturated rings. The van der Waals surface area contributed by atoms with Gasteiger partial charge >= 0.3 is 18.1 Å². The molecule has 2 aromatic rings.